The summed E-state index contributed by atoms with van der Waals surface area (Å²) in [5, 5.41) is 0. The molecular weight excluding hydrogens is 235 g/mol. The van der Waals surface area contributed by atoms with Gasteiger partial charge in [0.15, 0.2) is 18.1 Å². The van der Waals surface area contributed by atoms with Gasteiger partial charge in [-0.15, -0.1) is 0 Å². The van der Waals surface area contributed by atoms with E-state index in [4.69, 9.17) is 9.47 Å². The van der Waals surface area contributed by atoms with Crippen LogP contribution in [0.3, 0.4) is 0 Å². The van der Waals surface area contributed by atoms with Crippen LogP contribution in [0.4, 0.5) is 13.2 Å². The summed E-state index contributed by atoms with van der Waals surface area (Å²) < 4.78 is 45.9. The lowest BCUT2D eigenvalue weighted by atomic mass is 10.1. The standard InChI is InChI=1S/C11H14F3NO2/c1-7(2)9-10(16-3)8(4-5-15-9)17-6-11(12,13)14/h4-5,7H,6H2,1-3H3. The van der Waals surface area contributed by atoms with E-state index in [0.29, 0.717) is 5.69 Å². The summed E-state index contributed by atoms with van der Waals surface area (Å²) >= 11 is 0. The van der Waals surface area contributed by atoms with Gasteiger partial charge in [-0.05, 0) is 5.92 Å². The molecule has 0 aliphatic heterocycles. The number of methoxy groups -OCH3 is 1. The fourth-order valence-corrected chi connectivity index (χ4v) is 1.34. The number of ether oxygens (including phenoxy) is 2. The molecule has 0 aromatic carbocycles. The number of hydrogen-bond acceptors (Lipinski definition) is 3. The fourth-order valence-electron chi connectivity index (χ4n) is 1.34. The third kappa shape index (κ3) is 3.80. The quantitative estimate of drug-likeness (QED) is 0.821. The molecule has 1 rings (SSSR count). The number of aromatic nitrogens is 1. The summed E-state index contributed by atoms with van der Waals surface area (Å²) in [6.07, 6.45) is -2.96. The zero-order chi connectivity index (χ0) is 13.1. The molecule has 0 bridgehead atoms. The van der Waals surface area contributed by atoms with Crippen molar-refractivity contribution in [2.75, 3.05) is 13.7 Å². The molecule has 0 atom stereocenters. The van der Waals surface area contributed by atoms with E-state index in [1.165, 1.54) is 19.4 Å². The third-order valence-electron chi connectivity index (χ3n) is 2.04. The third-order valence-corrected chi connectivity index (χ3v) is 2.04. The second-order valence-electron chi connectivity index (χ2n) is 3.79. The Kier molecular flexibility index (Phi) is 4.20. The molecule has 1 aromatic heterocycles. The lowest BCUT2D eigenvalue weighted by Gasteiger charge is -2.16. The Balaban J connectivity index is 2.95. The second-order valence-corrected chi connectivity index (χ2v) is 3.79. The fraction of sp³-hybridized carbons (Fsp3) is 0.545. The minimum Gasteiger partial charge on any atom is -0.491 e. The first-order chi connectivity index (χ1) is 7.85. The maximum absolute atomic E-state index is 12.1. The van der Waals surface area contributed by atoms with Crippen LogP contribution in [0.15, 0.2) is 12.3 Å². The van der Waals surface area contributed by atoms with E-state index in [2.05, 4.69) is 4.98 Å². The molecule has 6 heteroatoms. The van der Waals surface area contributed by atoms with Gasteiger partial charge in [-0.25, -0.2) is 0 Å². The number of pyridine rings is 1. The van der Waals surface area contributed by atoms with Crippen molar-refractivity contribution in [1.82, 2.24) is 4.98 Å². The molecule has 0 N–H and O–H groups in total. The van der Waals surface area contributed by atoms with E-state index < -0.39 is 12.8 Å². The molecule has 0 aliphatic rings. The molecule has 0 unspecified atom stereocenters. The molecule has 0 fully saturated rings. The lowest BCUT2D eigenvalue weighted by molar-refractivity contribution is -0.153. The van der Waals surface area contributed by atoms with E-state index in [0.717, 1.165) is 0 Å². The van der Waals surface area contributed by atoms with Gasteiger partial charge in [-0.1, -0.05) is 13.8 Å². The Hall–Kier alpha value is -1.46. The minimum atomic E-state index is -4.37. The molecule has 1 aromatic rings. The van der Waals surface area contributed by atoms with Crippen LogP contribution in [-0.2, 0) is 0 Å². The van der Waals surface area contributed by atoms with Crippen molar-refractivity contribution in [3.8, 4) is 11.5 Å². The van der Waals surface area contributed by atoms with Crippen LogP contribution in [0.2, 0.25) is 0 Å². The lowest BCUT2D eigenvalue weighted by Crippen LogP contribution is -2.19. The molecule has 0 amide bonds. The van der Waals surface area contributed by atoms with Gasteiger partial charge in [0.1, 0.15) is 0 Å². The molecule has 0 saturated heterocycles. The molecule has 0 spiro atoms. The normalized spacial score (nSPS) is 11.7. The van der Waals surface area contributed by atoms with Crippen molar-refractivity contribution < 1.29 is 22.6 Å². The van der Waals surface area contributed by atoms with Crippen molar-refractivity contribution in [3.05, 3.63) is 18.0 Å². The highest BCUT2D eigenvalue weighted by Gasteiger charge is 2.29. The summed E-state index contributed by atoms with van der Waals surface area (Å²) in [6.45, 7) is 2.40. The largest absolute Gasteiger partial charge is 0.491 e. The zero-order valence-corrected chi connectivity index (χ0v) is 9.84. The Labute approximate surface area is 97.6 Å². The van der Waals surface area contributed by atoms with Crippen molar-refractivity contribution in [2.24, 2.45) is 0 Å². The molecule has 96 valence electrons. The van der Waals surface area contributed by atoms with E-state index in [1.807, 2.05) is 13.8 Å². The van der Waals surface area contributed by atoms with Crippen molar-refractivity contribution >= 4 is 0 Å². The molecule has 0 radical (unpaired) electrons. The van der Waals surface area contributed by atoms with Crippen LogP contribution in [0, 0.1) is 0 Å². The van der Waals surface area contributed by atoms with Gasteiger partial charge >= 0.3 is 6.18 Å². The second kappa shape index (κ2) is 5.25. The van der Waals surface area contributed by atoms with Gasteiger partial charge in [0.25, 0.3) is 0 Å². The van der Waals surface area contributed by atoms with Gasteiger partial charge in [-0.2, -0.15) is 13.2 Å². The predicted octanol–water partition coefficient (Wildman–Crippen LogP) is 3.15. The van der Waals surface area contributed by atoms with Gasteiger partial charge in [0, 0.05) is 12.3 Å². The number of halogens is 3. The van der Waals surface area contributed by atoms with Crippen LogP contribution in [0.25, 0.3) is 0 Å². The smallest absolute Gasteiger partial charge is 0.422 e. The van der Waals surface area contributed by atoms with Crippen LogP contribution < -0.4 is 9.47 Å². The first kappa shape index (κ1) is 13.6. The molecule has 0 aliphatic carbocycles. The summed E-state index contributed by atoms with van der Waals surface area (Å²) in [7, 11) is 1.38. The highest BCUT2D eigenvalue weighted by Crippen LogP contribution is 2.34. The number of rotatable bonds is 4. The van der Waals surface area contributed by atoms with Crippen LogP contribution in [0.1, 0.15) is 25.5 Å². The first-order valence-electron chi connectivity index (χ1n) is 5.07. The summed E-state index contributed by atoms with van der Waals surface area (Å²) in [4.78, 5) is 4.07. The van der Waals surface area contributed by atoms with E-state index in [-0.39, 0.29) is 17.4 Å². The molecule has 3 nitrogen and oxygen atoms in total. The Morgan fingerprint density at radius 2 is 2.00 bits per heavy atom. The van der Waals surface area contributed by atoms with E-state index >= 15 is 0 Å². The Bertz CT molecular complexity index is 377. The van der Waals surface area contributed by atoms with Crippen molar-refractivity contribution in [3.63, 3.8) is 0 Å². The average Bonchev–Trinajstić information content (AvgIpc) is 2.24. The summed E-state index contributed by atoms with van der Waals surface area (Å²) in [6, 6.07) is 1.36. The summed E-state index contributed by atoms with van der Waals surface area (Å²) in [5.74, 6) is 0.356. The Morgan fingerprint density at radius 1 is 1.35 bits per heavy atom. The van der Waals surface area contributed by atoms with Crippen LogP contribution in [-0.4, -0.2) is 24.9 Å². The van der Waals surface area contributed by atoms with Gasteiger partial charge in [0.2, 0.25) is 0 Å². The average molecular weight is 249 g/mol. The SMILES string of the molecule is COc1c(OCC(F)(F)F)ccnc1C(C)C. The molecular formula is C11H14F3NO2. The van der Waals surface area contributed by atoms with E-state index in [9.17, 15) is 13.2 Å². The molecule has 17 heavy (non-hydrogen) atoms. The zero-order valence-electron chi connectivity index (χ0n) is 9.84. The Morgan fingerprint density at radius 3 is 2.47 bits per heavy atom. The summed E-state index contributed by atoms with van der Waals surface area (Å²) in [5.41, 5.74) is 0.576. The van der Waals surface area contributed by atoms with Gasteiger partial charge < -0.3 is 9.47 Å². The molecule has 0 saturated carbocycles. The van der Waals surface area contributed by atoms with Gasteiger partial charge in [0.05, 0.1) is 12.8 Å². The predicted molar refractivity (Wildman–Crippen MR) is 56.4 cm³/mol. The minimum absolute atomic E-state index is 0.0411. The van der Waals surface area contributed by atoms with Crippen LogP contribution >= 0.6 is 0 Å². The number of nitrogens with zero attached hydrogens (tertiary/aromatic N) is 1. The monoisotopic (exact) mass is 249 g/mol. The van der Waals surface area contributed by atoms with Crippen LogP contribution in [0.5, 0.6) is 11.5 Å². The highest BCUT2D eigenvalue weighted by atomic mass is 19.4. The maximum Gasteiger partial charge on any atom is 0.422 e. The first-order valence-corrected chi connectivity index (χ1v) is 5.07. The van der Waals surface area contributed by atoms with E-state index in [1.54, 1.807) is 0 Å². The van der Waals surface area contributed by atoms with Gasteiger partial charge in [-0.3, -0.25) is 4.98 Å². The topological polar surface area (TPSA) is 31.4 Å². The number of hydrogen-bond donors (Lipinski definition) is 0. The highest BCUT2D eigenvalue weighted by molar-refractivity contribution is 5.43. The maximum atomic E-state index is 12.1. The van der Waals surface area contributed by atoms with Crippen molar-refractivity contribution in [2.45, 2.75) is 25.9 Å². The number of alkyl halides is 3. The van der Waals surface area contributed by atoms with Crippen molar-refractivity contribution in [1.29, 1.82) is 0 Å². The molecule has 1 heterocycles.